The summed E-state index contributed by atoms with van der Waals surface area (Å²) in [5.74, 6) is 0.651. The summed E-state index contributed by atoms with van der Waals surface area (Å²) in [7, 11) is -2.18. The molecular weight excluding hydrogens is 442 g/mol. The Morgan fingerprint density at radius 1 is 1.26 bits per heavy atom. The lowest BCUT2D eigenvalue weighted by molar-refractivity contribution is 0.267. The zero-order valence-electron chi connectivity index (χ0n) is 16.9. The highest BCUT2D eigenvalue weighted by molar-refractivity contribution is 7.92. The van der Waals surface area contributed by atoms with Crippen molar-refractivity contribution in [3.05, 3.63) is 58.9 Å². The van der Waals surface area contributed by atoms with Gasteiger partial charge in [-0.25, -0.2) is 13.4 Å². The molecule has 3 heterocycles. The minimum atomic E-state index is -4.00. The number of benzene rings is 1. The molecule has 2 aromatic heterocycles. The van der Waals surface area contributed by atoms with Crippen LogP contribution in [0, 0.1) is 6.92 Å². The van der Waals surface area contributed by atoms with Crippen LogP contribution in [0.5, 0.6) is 11.8 Å². The molecular formula is C20H20ClN5O4S. The van der Waals surface area contributed by atoms with E-state index in [0.717, 1.165) is 5.56 Å². The Morgan fingerprint density at radius 3 is 2.87 bits per heavy atom. The van der Waals surface area contributed by atoms with Crippen molar-refractivity contribution in [2.75, 3.05) is 29.8 Å². The highest BCUT2D eigenvalue weighted by atomic mass is 35.5. The monoisotopic (exact) mass is 461 g/mol. The highest BCUT2D eigenvalue weighted by Crippen LogP contribution is 2.35. The summed E-state index contributed by atoms with van der Waals surface area (Å²) in [6, 6.07) is 8.29. The highest BCUT2D eigenvalue weighted by Gasteiger charge is 2.26. The largest absolute Gasteiger partial charge is 0.473 e. The standard InChI is InChI=1S/C20H20ClN5O4S/c1-13-15(21)6-3-7-16(13)31(27,28)25-17-19(30-12-14-5-4-8-22-11-14)24-20-18(23-17)26(2)9-10-29-20/h3-8,11H,9-10,12H2,1-2H3,(H,23,25). The number of halogens is 1. The van der Waals surface area contributed by atoms with E-state index in [1.807, 2.05) is 18.0 Å². The first kappa shape index (κ1) is 21.1. The van der Waals surface area contributed by atoms with Crippen molar-refractivity contribution >= 4 is 33.3 Å². The summed E-state index contributed by atoms with van der Waals surface area (Å²) in [6.07, 6.45) is 3.30. The zero-order chi connectivity index (χ0) is 22.0. The number of hydrogen-bond donors (Lipinski definition) is 1. The van der Waals surface area contributed by atoms with Gasteiger partial charge in [0.1, 0.15) is 13.2 Å². The Labute approximate surface area is 185 Å². The fourth-order valence-electron chi connectivity index (χ4n) is 2.99. The number of sulfonamides is 1. The van der Waals surface area contributed by atoms with Crippen LogP contribution in [0.4, 0.5) is 11.6 Å². The second-order valence-corrected chi connectivity index (χ2v) is 8.95. The number of likely N-dealkylation sites (N-methyl/N-ethyl adjacent to an activating group) is 1. The Balaban J connectivity index is 1.72. The quantitative estimate of drug-likeness (QED) is 0.597. The van der Waals surface area contributed by atoms with Crippen LogP contribution in [0.15, 0.2) is 47.6 Å². The smallest absolute Gasteiger partial charge is 0.263 e. The second-order valence-electron chi connectivity index (χ2n) is 6.89. The maximum atomic E-state index is 13.1. The van der Waals surface area contributed by atoms with Gasteiger partial charge >= 0.3 is 0 Å². The van der Waals surface area contributed by atoms with E-state index in [0.29, 0.717) is 29.6 Å². The molecule has 0 saturated heterocycles. The summed E-state index contributed by atoms with van der Waals surface area (Å²) in [5.41, 5.74) is 1.22. The maximum absolute atomic E-state index is 13.1. The van der Waals surface area contributed by atoms with Gasteiger partial charge in [-0.15, -0.1) is 0 Å². The molecule has 0 bridgehead atoms. The Morgan fingerprint density at radius 2 is 2.10 bits per heavy atom. The third-order valence-corrected chi connectivity index (χ3v) is 6.57. The molecule has 0 radical (unpaired) electrons. The van der Waals surface area contributed by atoms with Gasteiger partial charge in [0.15, 0.2) is 5.82 Å². The summed E-state index contributed by atoms with van der Waals surface area (Å²) in [6.45, 7) is 2.79. The Bertz CT molecular complexity index is 1210. The third kappa shape index (κ3) is 4.49. The van der Waals surface area contributed by atoms with Gasteiger partial charge in [-0.1, -0.05) is 23.7 Å². The number of rotatable bonds is 6. The average Bonchev–Trinajstić information content (AvgIpc) is 2.75. The molecule has 162 valence electrons. The molecule has 0 amide bonds. The number of ether oxygens (including phenoxy) is 2. The van der Waals surface area contributed by atoms with Crippen LogP contribution >= 0.6 is 11.6 Å². The lowest BCUT2D eigenvalue weighted by Crippen LogP contribution is -2.31. The molecule has 31 heavy (non-hydrogen) atoms. The molecule has 4 rings (SSSR count). The first-order valence-electron chi connectivity index (χ1n) is 9.41. The minimum absolute atomic E-state index is 0.00107. The van der Waals surface area contributed by atoms with E-state index in [1.165, 1.54) is 6.07 Å². The van der Waals surface area contributed by atoms with E-state index in [4.69, 9.17) is 21.1 Å². The van der Waals surface area contributed by atoms with E-state index in [1.54, 1.807) is 37.5 Å². The number of nitrogens with one attached hydrogen (secondary N) is 1. The second kappa shape index (κ2) is 8.56. The number of fused-ring (bicyclic) bond motifs is 1. The van der Waals surface area contributed by atoms with E-state index in [2.05, 4.69) is 19.7 Å². The van der Waals surface area contributed by atoms with Crippen LogP contribution in [0.25, 0.3) is 0 Å². The van der Waals surface area contributed by atoms with Crippen LogP contribution < -0.4 is 19.1 Å². The van der Waals surface area contributed by atoms with Gasteiger partial charge in [-0.3, -0.25) is 9.71 Å². The van der Waals surface area contributed by atoms with Crippen molar-refractivity contribution in [3.8, 4) is 11.8 Å². The number of nitrogens with zero attached hydrogens (tertiary/aromatic N) is 4. The maximum Gasteiger partial charge on any atom is 0.263 e. The fraction of sp³-hybridized carbons (Fsp3) is 0.250. The molecule has 0 saturated carbocycles. The van der Waals surface area contributed by atoms with E-state index < -0.39 is 10.0 Å². The van der Waals surface area contributed by atoms with Crippen LogP contribution in [-0.4, -0.2) is 43.6 Å². The van der Waals surface area contributed by atoms with E-state index in [9.17, 15) is 8.42 Å². The van der Waals surface area contributed by atoms with Crippen LogP contribution in [-0.2, 0) is 16.6 Å². The Hall–Kier alpha value is -3.11. The van der Waals surface area contributed by atoms with Gasteiger partial charge in [-0.2, -0.15) is 4.98 Å². The number of anilines is 2. The summed E-state index contributed by atoms with van der Waals surface area (Å²) in [5, 5.41) is 0.348. The van der Waals surface area contributed by atoms with Crippen LogP contribution in [0.1, 0.15) is 11.1 Å². The number of hydrogen-bond acceptors (Lipinski definition) is 8. The first-order valence-corrected chi connectivity index (χ1v) is 11.3. The molecule has 1 aromatic carbocycles. The topological polar surface area (TPSA) is 107 Å². The summed E-state index contributed by atoms with van der Waals surface area (Å²) >= 11 is 6.11. The van der Waals surface area contributed by atoms with Crippen molar-refractivity contribution in [2.45, 2.75) is 18.4 Å². The minimum Gasteiger partial charge on any atom is -0.473 e. The average molecular weight is 462 g/mol. The molecule has 0 unspecified atom stereocenters. The molecule has 3 aromatic rings. The van der Waals surface area contributed by atoms with Gasteiger partial charge in [-0.05, 0) is 30.7 Å². The summed E-state index contributed by atoms with van der Waals surface area (Å²) < 4.78 is 40.1. The van der Waals surface area contributed by atoms with Gasteiger partial charge in [0, 0.05) is 30.0 Å². The van der Waals surface area contributed by atoms with Gasteiger partial charge in [0.05, 0.1) is 11.4 Å². The molecule has 0 atom stereocenters. The van der Waals surface area contributed by atoms with Crippen molar-refractivity contribution < 1.29 is 17.9 Å². The third-order valence-electron chi connectivity index (χ3n) is 4.68. The molecule has 1 N–H and O–H groups in total. The van der Waals surface area contributed by atoms with E-state index >= 15 is 0 Å². The van der Waals surface area contributed by atoms with Crippen LogP contribution in [0.3, 0.4) is 0 Å². The van der Waals surface area contributed by atoms with Crippen LogP contribution in [0.2, 0.25) is 5.02 Å². The van der Waals surface area contributed by atoms with Gasteiger partial charge in [0.25, 0.3) is 21.8 Å². The van der Waals surface area contributed by atoms with Crippen molar-refractivity contribution in [1.29, 1.82) is 0 Å². The SMILES string of the molecule is Cc1c(Cl)cccc1S(=O)(=O)Nc1nc2c(nc1OCc1cccnc1)OCCN2C. The molecule has 1 aliphatic rings. The van der Waals surface area contributed by atoms with E-state index in [-0.39, 0.29) is 29.1 Å². The predicted octanol–water partition coefficient (Wildman–Crippen LogP) is 3.04. The first-order chi connectivity index (χ1) is 14.8. The Kier molecular flexibility index (Phi) is 5.84. The molecule has 0 fully saturated rings. The predicted molar refractivity (Wildman–Crippen MR) is 116 cm³/mol. The van der Waals surface area contributed by atoms with Crippen molar-refractivity contribution in [1.82, 2.24) is 15.0 Å². The molecule has 11 heteroatoms. The van der Waals surface area contributed by atoms with Gasteiger partial charge in [0.2, 0.25) is 5.82 Å². The fourth-order valence-corrected chi connectivity index (χ4v) is 4.49. The molecule has 0 spiro atoms. The molecule has 0 aliphatic carbocycles. The number of aromatic nitrogens is 3. The normalized spacial score (nSPS) is 13.3. The zero-order valence-corrected chi connectivity index (χ0v) is 18.4. The van der Waals surface area contributed by atoms with Gasteiger partial charge < -0.3 is 14.4 Å². The molecule has 1 aliphatic heterocycles. The number of pyridine rings is 1. The molecule has 9 nitrogen and oxygen atoms in total. The van der Waals surface area contributed by atoms with Crippen molar-refractivity contribution in [2.24, 2.45) is 0 Å². The van der Waals surface area contributed by atoms with Crippen molar-refractivity contribution in [3.63, 3.8) is 0 Å². The lowest BCUT2D eigenvalue weighted by atomic mass is 10.2. The summed E-state index contributed by atoms with van der Waals surface area (Å²) in [4.78, 5) is 14.7. The lowest BCUT2D eigenvalue weighted by Gasteiger charge is -2.26.